The molecule has 0 atom stereocenters. The Morgan fingerprint density at radius 3 is 1.00 bits per heavy atom. The van der Waals surface area contributed by atoms with Gasteiger partial charge in [0.1, 0.15) is 11.2 Å². The fraction of sp³-hybridized carbons (Fsp3) is 0.0545. The van der Waals surface area contributed by atoms with Crippen LogP contribution in [0, 0.1) is 0 Å². The van der Waals surface area contributed by atoms with Crippen LogP contribution in [0.15, 0.2) is 381 Å². The van der Waals surface area contributed by atoms with Crippen LogP contribution < -0.4 is 0 Å². The second kappa shape index (κ2) is 24.9. The first-order valence-electron chi connectivity index (χ1n) is 38.9. The number of furan rings is 1. The molecular weight excluding hydrogens is 1340 g/mol. The van der Waals surface area contributed by atoms with Gasteiger partial charge in [0.25, 0.3) is 0 Å². The predicted molar refractivity (Wildman–Crippen MR) is 473 cm³/mol. The number of rotatable bonds is 7. The lowest BCUT2D eigenvalue weighted by atomic mass is 9.81. The van der Waals surface area contributed by atoms with E-state index in [1.165, 1.54) is 209 Å². The summed E-state index contributed by atoms with van der Waals surface area (Å²) >= 11 is 0. The monoisotopic (exact) mass is 1410 g/mol. The summed E-state index contributed by atoms with van der Waals surface area (Å²) in [7, 11) is 0. The second-order valence-electron chi connectivity index (χ2n) is 31.5. The Bertz CT molecular complexity index is 7370. The molecule has 520 valence electrons. The molecule has 0 aliphatic heterocycles. The molecule has 20 aromatic carbocycles. The van der Waals surface area contributed by atoms with Crippen molar-refractivity contribution >= 4 is 108 Å². The van der Waals surface area contributed by atoms with Crippen molar-refractivity contribution in [1.82, 2.24) is 0 Å². The van der Waals surface area contributed by atoms with E-state index in [1.807, 2.05) is 12.1 Å². The lowest BCUT2D eigenvalue weighted by Gasteiger charge is -2.22. The van der Waals surface area contributed by atoms with Crippen LogP contribution >= 0.6 is 0 Å². The molecule has 0 N–H and O–H groups in total. The molecule has 2 aliphatic carbocycles. The third-order valence-electron chi connectivity index (χ3n) is 24.9. The van der Waals surface area contributed by atoms with Crippen LogP contribution in [0.1, 0.15) is 49.9 Å². The molecule has 21 aromatic rings. The number of para-hydroxylation sites is 1. The van der Waals surface area contributed by atoms with Gasteiger partial charge in [0.2, 0.25) is 0 Å². The molecule has 1 aromatic heterocycles. The largest absolute Gasteiger partial charge is 0.456 e. The van der Waals surface area contributed by atoms with Crippen molar-refractivity contribution < 1.29 is 4.42 Å². The molecular formula is C110H74O. The van der Waals surface area contributed by atoms with E-state index in [2.05, 4.69) is 392 Å². The van der Waals surface area contributed by atoms with E-state index in [9.17, 15) is 0 Å². The molecule has 1 nitrogen and oxygen atoms in total. The molecule has 1 heteroatoms. The van der Waals surface area contributed by atoms with Crippen molar-refractivity contribution in [2.45, 2.75) is 38.5 Å². The molecule has 111 heavy (non-hydrogen) atoms. The van der Waals surface area contributed by atoms with Crippen molar-refractivity contribution in [2.24, 2.45) is 0 Å². The minimum atomic E-state index is -0.0773. The van der Waals surface area contributed by atoms with Gasteiger partial charge in [0.05, 0.1) is 0 Å². The SMILES string of the molecule is CC1(C)c2cccc(-c3ccc(-c4c5ccccc5c(-c5cccc(-c6ccc7oc8ccccc8c7c6)c5)c5ccccc45)cc3)c2-c2c1ccc1ccccc21.CC1(C)c2cccc(-c3ccc(-c4c5ccccc5c(-c5cccc6c5ccc5ccccc56)c5ccccc45)cc3)c2-c2c1ccc1ccccc21. The smallest absolute Gasteiger partial charge is 0.135 e. The normalized spacial score (nSPS) is 13.2. The van der Waals surface area contributed by atoms with Gasteiger partial charge in [-0.05, 0) is 233 Å². The lowest BCUT2D eigenvalue weighted by Crippen LogP contribution is -2.14. The maximum Gasteiger partial charge on any atom is 0.135 e. The zero-order valence-electron chi connectivity index (χ0n) is 62.2. The first-order chi connectivity index (χ1) is 54.6. The van der Waals surface area contributed by atoms with Gasteiger partial charge in [-0.3, -0.25) is 0 Å². The molecule has 0 saturated carbocycles. The van der Waals surface area contributed by atoms with Gasteiger partial charge in [-0.25, -0.2) is 0 Å². The number of benzene rings is 20. The zero-order chi connectivity index (χ0) is 73.8. The molecule has 2 aliphatic rings. The van der Waals surface area contributed by atoms with Gasteiger partial charge in [-0.2, -0.15) is 0 Å². The topological polar surface area (TPSA) is 13.1 Å². The standard InChI is InChI=1S/C57H38O.C53H36/c1-57(2)49-23-12-22-42(55(49)56-41-16-4-3-13-35(41)29-31-50(56)57)36-25-27-37(28-26-36)53-44-18-5-7-20-46(44)54(47-21-8-6-19-45(47)53)40-15-11-14-38(33-40)39-30-32-52-48(34-39)43-17-9-10-24-51(43)58-52;1-53(2)47-24-12-21-39(51(47)52-38-16-6-4-14-34(38)30-32-48(52)53)35-25-27-36(28-26-35)49-43-17-7-9-19-45(43)50(46-20-10-8-18-44(46)49)42-23-11-22-40-37-15-5-3-13-33(37)29-31-41(40)42/h3-34H,1-2H3;3-32H,1-2H3. The average molecular weight is 1410 g/mol. The van der Waals surface area contributed by atoms with Crippen molar-refractivity contribution in [3.8, 4) is 100 Å². The van der Waals surface area contributed by atoms with Crippen LogP contribution in [0.4, 0.5) is 0 Å². The van der Waals surface area contributed by atoms with Gasteiger partial charge < -0.3 is 4.42 Å². The molecule has 0 bridgehead atoms. The first kappa shape index (κ1) is 64.5. The maximum absolute atomic E-state index is 6.16. The van der Waals surface area contributed by atoms with E-state index < -0.39 is 0 Å². The summed E-state index contributed by atoms with van der Waals surface area (Å²) in [6, 6.07) is 139. The first-order valence-corrected chi connectivity index (χ1v) is 38.9. The minimum Gasteiger partial charge on any atom is -0.456 e. The molecule has 0 saturated heterocycles. The molecule has 0 amide bonds. The summed E-state index contributed by atoms with van der Waals surface area (Å²) in [5.41, 5.74) is 30.3. The van der Waals surface area contributed by atoms with Gasteiger partial charge in [-0.1, -0.05) is 380 Å². The average Bonchev–Trinajstić information content (AvgIpc) is 1.64. The van der Waals surface area contributed by atoms with E-state index in [4.69, 9.17) is 4.42 Å². The summed E-state index contributed by atoms with van der Waals surface area (Å²) in [6.45, 7) is 9.49. The zero-order valence-corrected chi connectivity index (χ0v) is 62.2. The molecule has 0 fully saturated rings. The highest BCUT2D eigenvalue weighted by atomic mass is 16.3. The van der Waals surface area contributed by atoms with Crippen LogP contribution in [0.3, 0.4) is 0 Å². The highest BCUT2D eigenvalue weighted by Crippen LogP contribution is 2.58. The van der Waals surface area contributed by atoms with Gasteiger partial charge in [0, 0.05) is 21.6 Å². The van der Waals surface area contributed by atoms with Crippen LogP contribution in [0.2, 0.25) is 0 Å². The third-order valence-corrected chi connectivity index (χ3v) is 24.9. The van der Waals surface area contributed by atoms with E-state index in [0.29, 0.717) is 0 Å². The molecule has 1 heterocycles. The van der Waals surface area contributed by atoms with E-state index in [1.54, 1.807) is 0 Å². The highest BCUT2D eigenvalue weighted by molar-refractivity contribution is 6.26. The summed E-state index contributed by atoms with van der Waals surface area (Å²) in [5, 5.41) is 22.8. The van der Waals surface area contributed by atoms with Crippen LogP contribution in [0.25, 0.3) is 208 Å². The Kier molecular flexibility index (Phi) is 14.5. The predicted octanol–water partition coefficient (Wildman–Crippen LogP) is 30.8. The fourth-order valence-corrected chi connectivity index (χ4v) is 19.7. The quantitative estimate of drug-likeness (QED) is 0.114. The van der Waals surface area contributed by atoms with Gasteiger partial charge in [-0.15, -0.1) is 0 Å². The molecule has 23 rings (SSSR count). The highest BCUT2D eigenvalue weighted by Gasteiger charge is 2.40. The summed E-state index contributed by atoms with van der Waals surface area (Å²) < 4.78 is 6.16. The van der Waals surface area contributed by atoms with Crippen molar-refractivity contribution in [3.05, 3.63) is 398 Å². The summed E-state index contributed by atoms with van der Waals surface area (Å²) in [5.74, 6) is 0. The van der Waals surface area contributed by atoms with E-state index >= 15 is 0 Å². The second-order valence-corrected chi connectivity index (χ2v) is 31.5. The Hall–Kier alpha value is -13.7. The van der Waals surface area contributed by atoms with Crippen molar-refractivity contribution in [2.75, 3.05) is 0 Å². The Morgan fingerprint density at radius 2 is 0.495 bits per heavy atom. The lowest BCUT2D eigenvalue weighted by molar-refractivity contribution is 0.661. The Balaban J connectivity index is 0.000000137. The molecule has 0 radical (unpaired) electrons. The van der Waals surface area contributed by atoms with Gasteiger partial charge in [0.15, 0.2) is 0 Å². The Labute approximate surface area is 645 Å². The fourth-order valence-electron chi connectivity index (χ4n) is 19.7. The van der Waals surface area contributed by atoms with Crippen molar-refractivity contribution in [1.29, 1.82) is 0 Å². The van der Waals surface area contributed by atoms with E-state index in [0.717, 1.165) is 21.9 Å². The third kappa shape index (κ3) is 9.88. The van der Waals surface area contributed by atoms with Crippen LogP contribution in [-0.2, 0) is 10.8 Å². The number of hydrogen-bond acceptors (Lipinski definition) is 1. The number of fused-ring (bicyclic) bond motifs is 20. The maximum atomic E-state index is 6.16. The van der Waals surface area contributed by atoms with Crippen LogP contribution in [-0.4, -0.2) is 0 Å². The van der Waals surface area contributed by atoms with E-state index in [-0.39, 0.29) is 10.8 Å². The summed E-state index contributed by atoms with van der Waals surface area (Å²) in [4.78, 5) is 0. The molecule has 0 unspecified atom stereocenters. The Morgan fingerprint density at radius 1 is 0.162 bits per heavy atom. The van der Waals surface area contributed by atoms with Crippen LogP contribution in [0.5, 0.6) is 0 Å². The summed E-state index contributed by atoms with van der Waals surface area (Å²) in [6.07, 6.45) is 0. The van der Waals surface area contributed by atoms with Gasteiger partial charge >= 0.3 is 0 Å². The van der Waals surface area contributed by atoms with Crippen molar-refractivity contribution in [3.63, 3.8) is 0 Å². The number of hydrogen-bond donors (Lipinski definition) is 0. The molecule has 0 spiro atoms. The minimum absolute atomic E-state index is 0.0681.